The molecular formula is C13H30N2. The molecule has 0 aliphatic carbocycles. The van der Waals surface area contributed by atoms with E-state index in [1.807, 2.05) is 0 Å². The van der Waals surface area contributed by atoms with Crippen molar-refractivity contribution in [1.82, 2.24) is 9.80 Å². The standard InChI is InChI=1S/C13H30N2/c1-7-14(6)10-11-15(13(4)5)9-8-12(2)3/h12-13H,7-11H2,1-6H3. The Labute approximate surface area is 96.6 Å². The average Bonchev–Trinajstić information content (AvgIpc) is 2.16. The SMILES string of the molecule is CCN(C)CCN(CCC(C)C)C(C)C. The first-order valence-corrected chi connectivity index (χ1v) is 6.40. The summed E-state index contributed by atoms with van der Waals surface area (Å²) in [6.45, 7) is 16.2. The van der Waals surface area contributed by atoms with E-state index < -0.39 is 0 Å². The molecule has 0 bridgehead atoms. The van der Waals surface area contributed by atoms with Gasteiger partial charge in [0.1, 0.15) is 0 Å². The molecule has 0 aromatic rings. The summed E-state index contributed by atoms with van der Waals surface area (Å²) in [5.74, 6) is 0.815. The van der Waals surface area contributed by atoms with Crippen molar-refractivity contribution in [2.75, 3.05) is 33.2 Å². The van der Waals surface area contributed by atoms with E-state index in [1.165, 1.54) is 26.1 Å². The summed E-state index contributed by atoms with van der Waals surface area (Å²) in [4.78, 5) is 4.97. The van der Waals surface area contributed by atoms with E-state index in [9.17, 15) is 0 Å². The fourth-order valence-electron chi connectivity index (χ4n) is 1.51. The van der Waals surface area contributed by atoms with Crippen molar-refractivity contribution >= 4 is 0 Å². The highest BCUT2D eigenvalue weighted by Crippen LogP contribution is 2.05. The van der Waals surface area contributed by atoms with Crippen molar-refractivity contribution in [2.45, 2.75) is 47.1 Å². The maximum absolute atomic E-state index is 2.59. The van der Waals surface area contributed by atoms with Crippen molar-refractivity contribution in [3.05, 3.63) is 0 Å². The van der Waals surface area contributed by atoms with Crippen LogP contribution in [0.1, 0.15) is 41.0 Å². The number of nitrogens with zero attached hydrogens (tertiary/aromatic N) is 2. The van der Waals surface area contributed by atoms with Crippen LogP contribution in [0.2, 0.25) is 0 Å². The molecule has 0 saturated heterocycles. The maximum atomic E-state index is 2.59. The molecule has 0 fully saturated rings. The van der Waals surface area contributed by atoms with Crippen LogP contribution in [-0.2, 0) is 0 Å². The van der Waals surface area contributed by atoms with Crippen LogP contribution in [0, 0.1) is 5.92 Å². The third-order valence-electron chi connectivity index (χ3n) is 3.03. The molecule has 15 heavy (non-hydrogen) atoms. The first-order chi connectivity index (χ1) is 6.97. The molecule has 0 amide bonds. The lowest BCUT2D eigenvalue weighted by Crippen LogP contribution is -2.38. The van der Waals surface area contributed by atoms with Crippen LogP contribution in [-0.4, -0.2) is 49.1 Å². The average molecular weight is 214 g/mol. The largest absolute Gasteiger partial charge is 0.305 e. The molecular weight excluding hydrogens is 184 g/mol. The Hall–Kier alpha value is -0.0800. The second kappa shape index (κ2) is 8.12. The Balaban J connectivity index is 3.83. The van der Waals surface area contributed by atoms with Crippen molar-refractivity contribution in [3.63, 3.8) is 0 Å². The van der Waals surface area contributed by atoms with Crippen LogP contribution in [0.15, 0.2) is 0 Å². The van der Waals surface area contributed by atoms with Crippen molar-refractivity contribution in [3.8, 4) is 0 Å². The summed E-state index contributed by atoms with van der Waals surface area (Å²) in [5.41, 5.74) is 0. The van der Waals surface area contributed by atoms with Gasteiger partial charge in [0.25, 0.3) is 0 Å². The first-order valence-electron chi connectivity index (χ1n) is 6.40. The third-order valence-corrected chi connectivity index (χ3v) is 3.03. The van der Waals surface area contributed by atoms with E-state index in [0.717, 1.165) is 12.5 Å². The zero-order chi connectivity index (χ0) is 11.8. The molecule has 0 aromatic heterocycles. The van der Waals surface area contributed by atoms with Gasteiger partial charge in [0.15, 0.2) is 0 Å². The Morgan fingerprint density at radius 3 is 1.93 bits per heavy atom. The molecule has 0 unspecified atom stereocenters. The van der Waals surface area contributed by atoms with Crippen LogP contribution in [0.3, 0.4) is 0 Å². The predicted octanol–water partition coefficient (Wildman–Crippen LogP) is 2.69. The molecule has 0 atom stereocenters. The third kappa shape index (κ3) is 7.80. The molecule has 2 heteroatoms. The Bertz CT molecular complexity index is 143. The summed E-state index contributed by atoms with van der Waals surface area (Å²) in [7, 11) is 2.20. The van der Waals surface area contributed by atoms with Gasteiger partial charge in [-0.3, -0.25) is 4.90 Å². The molecule has 0 saturated carbocycles. The van der Waals surface area contributed by atoms with E-state index in [1.54, 1.807) is 0 Å². The van der Waals surface area contributed by atoms with E-state index in [4.69, 9.17) is 0 Å². The Kier molecular flexibility index (Phi) is 8.07. The second-order valence-electron chi connectivity index (χ2n) is 5.21. The van der Waals surface area contributed by atoms with Crippen LogP contribution in [0.5, 0.6) is 0 Å². The van der Waals surface area contributed by atoms with E-state index in [2.05, 4.69) is 51.5 Å². The molecule has 0 N–H and O–H groups in total. The predicted molar refractivity (Wildman–Crippen MR) is 69.3 cm³/mol. The number of rotatable bonds is 8. The van der Waals surface area contributed by atoms with Gasteiger partial charge in [-0.05, 0) is 46.3 Å². The zero-order valence-corrected chi connectivity index (χ0v) is 11.6. The molecule has 0 spiro atoms. The van der Waals surface area contributed by atoms with Crippen molar-refractivity contribution in [1.29, 1.82) is 0 Å². The molecule has 0 aromatic carbocycles. The Morgan fingerprint density at radius 2 is 1.53 bits per heavy atom. The van der Waals surface area contributed by atoms with Gasteiger partial charge in [0.2, 0.25) is 0 Å². The normalized spacial score (nSPS) is 12.4. The Morgan fingerprint density at radius 1 is 0.933 bits per heavy atom. The monoisotopic (exact) mass is 214 g/mol. The summed E-state index contributed by atoms with van der Waals surface area (Å²) >= 11 is 0. The summed E-state index contributed by atoms with van der Waals surface area (Å²) < 4.78 is 0. The molecule has 0 aliphatic rings. The van der Waals surface area contributed by atoms with Gasteiger partial charge in [0.05, 0.1) is 0 Å². The molecule has 2 nitrogen and oxygen atoms in total. The zero-order valence-electron chi connectivity index (χ0n) is 11.6. The minimum Gasteiger partial charge on any atom is -0.305 e. The lowest BCUT2D eigenvalue weighted by molar-refractivity contribution is 0.183. The van der Waals surface area contributed by atoms with Gasteiger partial charge < -0.3 is 4.90 Å². The van der Waals surface area contributed by atoms with Gasteiger partial charge in [0, 0.05) is 19.1 Å². The van der Waals surface area contributed by atoms with Crippen LogP contribution in [0.4, 0.5) is 0 Å². The highest BCUT2D eigenvalue weighted by Gasteiger charge is 2.10. The quantitative estimate of drug-likeness (QED) is 0.613. The minimum atomic E-state index is 0.675. The maximum Gasteiger partial charge on any atom is 0.0112 e. The number of likely N-dealkylation sites (N-methyl/N-ethyl adjacent to an activating group) is 1. The lowest BCUT2D eigenvalue weighted by Gasteiger charge is -2.29. The molecule has 0 aliphatic heterocycles. The molecule has 0 radical (unpaired) electrons. The fraction of sp³-hybridized carbons (Fsp3) is 1.00. The number of hydrogen-bond acceptors (Lipinski definition) is 2. The van der Waals surface area contributed by atoms with Crippen molar-refractivity contribution < 1.29 is 0 Å². The van der Waals surface area contributed by atoms with Crippen LogP contribution < -0.4 is 0 Å². The molecule has 92 valence electrons. The van der Waals surface area contributed by atoms with Gasteiger partial charge in [-0.2, -0.15) is 0 Å². The topological polar surface area (TPSA) is 6.48 Å². The van der Waals surface area contributed by atoms with E-state index >= 15 is 0 Å². The van der Waals surface area contributed by atoms with E-state index in [0.29, 0.717) is 6.04 Å². The van der Waals surface area contributed by atoms with Crippen molar-refractivity contribution in [2.24, 2.45) is 5.92 Å². The van der Waals surface area contributed by atoms with Crippen LogP contribution in [0.25, 0.3) is 0 Å². The fourth-order valence-corrected chi connectivity index (χ4v) is 1.51. The van der Waals surface area contributed by atoms with Gasteiger partial charge in [-0.1, -0.05) is 20.8 Å². The van der Waals surface area contributed by atoms with Gasteiger partial charge >= 0.3 is 0 Å². The highest BCUT2D eigenvalue weighted by molar-refractivity contribution is 4.65. The van der Waals surface area contributed by atoms with Crippen LogP contribution >= 0.6 is 0 Å². The summed E-state index contributed by atoms with van der Waals surface area (Å²) in [5, 5.41) is 0. The second-order valence-corrected chi connectivity index (χ2v) is 5.21. The lowest BCUT2D eigenvalue weighted by atomic mass is 10.1. The summed E-state index contributed by atoms with van der Waals surface area (Å²) in [6, 6.07) is 0.675. The first kappa shape index (κ1) is 14.9. The smallest absolute Gasteiger partial charge is 0.0112 e. The summed E-state index contributed by atoms with van der Waals surface area (Å²) in [6.07, 6.45) is 1.31. The minimum absolute atomic E-state index is 0.675. The number of hydrogen-bond donors (Lipinski definition) is 0. The highest BCUT2D eigenvalue weighted by atomic mass is 15.2. The molecule has 0 heterocycles. The van der Waals surface area contributed by atoms with E-state index in [-0.39, 0.29) is 0 Å². The molecule has 0 rings (SSSR count). The van der Waals surface area contributed by atoms with Gasteiger partial charge in [-0.25, -0.2) is 0 Å². The van der Waals surface area contributed by atoms with Gasteiger partial charge in [-0.15, -0.1) is 0 Å².